The van der Waals surface area contributed by atoms with Crippen molar-refractivity contribution in [3.05, 3.63) is 63.1 Å². The first-order chi connectivity index (χ1) is 9.67. The van der Waals surface area contributed by atoms with E-state index in [0.29, 0.717) is 10.6 Å². The zero-order chi connectivity index (χ0) is 14.1. The van der Waals surface area contributed by atoms with Gasteiger partial charge in [-0.3, -0.25) is 0 Å². The molecule has 3 rings (SSSR count). The summed E-state index contributed by atoms with van der Waals surface area (Å²) in [6.07, 6.45) is 1.99. The Bertz CT molecular complexity index is 704. The van der Waals surface area contributed by atoms with Gasteiger partial charge in [-0.15, -0.1) is 0 Å². The minimum absolute atomic E-state index is 0.202. The van der Waals surface area contributed by atoms with E-state index in [0.717, 1.165) is 23.6 Å². The zero-order valence-corrected chi connectivity index (χ0v) is 12.2. The van der Waals surface area contributed by atoms with E-state index in [2.05, 4.69) is 17.5 Å². The fourth-order valence-electron chi connectivity index (χ4n) is 2.66. The number of anilines is 1. The maximum Gasteiger partial charge on any atom is 0.101 e. The molecule has 100 valence electrons. The van der Waals surface area contributed by atoms with Crippen LogP contribution in [0.4, 0.5) is 5.69 Å². The van der Waals surface area contributed by atoms with E-state index in [1.54, 1.807) is 18.2 Å². The molecule has 20 heavy (non-hydrogen) atoms. The average molecular weight is 303 g/mol. The highest BCUT2D eigenvalue weighted by Gasteiger charge is 2.23. The van der Waals surface area contributed by atoms with Crippen LogP contribution in [0.15, 0.2) is 36.4 Å². The average Bonchev–Trinajstić information content (AvgIpc) is 2.81. The lowest BCUT2D eigenvalue weighted by molar-refractivity contribution is 0.762. The smallest absolute Gasteiger partial charge is 0.101 e. The number of hydrogen-bond donors (Lipinski definition) is 1. The molecule has 0 aromatic heterocycles. The molecular weight excluding hydrogens is 291 g/mol. The second-order valence-corrected chi connectivity index (χ2v) is 5.75. The number of hydrogen-bond acceptors (Lipinski definition) is 2. The molecule has 0 bridgehead atoms. The Labute approximate surface area is 127 Å². The van der Waals surface area contributed by atoms with Gasteiger partial charge in [0.25, 0.3) is 0 Å². The second kappa shape index (κ2) is 5.36. The van der Waals surface area contributed by atoms with Crippen molar-refractivity contribution in [2.45, 2.75) is 18.9 Å². The molecule has 2 nitrogen and oxygen atoms in total. The van der Waals surface area contributed by atoms with Gasteiger partial charge in [-0.2, -0.15) is 5.26 Å². The molecule has 1 unspecified atom stereocenters. The van der Waals surface area contributed by atoms with Crippen molar-refractivity contribution in [1.82, 2.24) is 0 Å². The summed E-state index contributed by atoms with van der Waals surface area (Å²) in [4.78, 5) is 0. The molecule has 4 heteroatoms. The van der Waals surface area contributed by atoms with Crippen LogP contribution in [0.2, 0.25) is 10.0 Å². The van der Waals surface area contributed by atoms with Gasteiger partial charge in [0, 0.05) is 10.0 Å². The molecule has 1 aliphatic carbocycles. The van der Waals surface area contributed by atoms with Crippen LogP contribution in [0, 0.1) is 11.3 Å². The van der Waals surface area contributed by atoms with Gasteiger partial charge in [-0.25, -0.2) is 0 Å². The van der Waals surface area contributed by atoms with E-state index in [1.807, 2.05) is 12.1 Å². The predicted molar refractivity (Wildman–Crippen MR) is 82.3 cm³/mol. The summed E-state index contributed by atoms with van der Waals surface area (Å²) in [7, 11) is 0. The van der Waals surface area contributed by atoms with E-state index in [4.69, 9.17) is 28.5 Å². The Morgan fingerprint density at radius 1 is 1.10 bits per heavy atom. The number of aryl methyl sites for hydroxylation is 1. The number of benzene rings is 2. The lowest BCUT2D eigenvalue weighted by Gasteiger charge is -2.17. The number of fused-ring (bicyclic) bond motifs is 1. The lowest BCUT2D eigenvalue weighted by Crippen LogP contribution is -2.08. The first-order valence-electron chi connectivity index (χ1n) is 6.42. The van der Waals surface area contributed by atoms with Crippen molar-refractivity contribution in [2.75, 3.05) is 5.32 Å². The van der Waals surface area contributed by atoms with Gasteiger partial charge in [-0.1, -0.05) is 29.3 Å². The highest BCUT2D eigenvalue weighted by atomic mass is 35.5. The Hall–Kier alpha value is -1.69. The molecule has 2 aromatic carbocycles. The Morgan fingerprint density at radius 3 is 2.65 bits per heavy atom. The van der Waals surface area contributed by atoms with Gasteiger partial charge in [-0.05, 0) is 54.3 Å². The van der Waals surface area contributed by atoms with E-state index in [1.165, 1.54) is 11.1 Å². The van der Waals surface area contributed by atoms with Crippen molar-refractivity contribution < 1.29 is 0 Å². The third-order valence-corrected chi connectivity index (χ3v) is 4.08. The monoisotopic (exact) mass is 302 g/mol. The topological polar surface area (TPSA) is 35.8 Å². The predicted octanol–water partition coefficient (Wildman–Crippen LogP) is 4.96. The fourth-order valence-corrected chi connectivity index (χ4v) is 3.02. The number of halogens is 2. The van der Waals surface area contributed by atoms with Crippen molar-refractivity contribution in [3.8, 4) is 6.07 Å². The lowest BCUT2D eigenvalue weighted by atomic mass is 10.1. The van der Waals surface area contributed by atoms with Crippen LogP contribution in [0.3, 0.4) is 0 Å². The molecule has 0 aliphatic heterocycles. The van der Waals surface area contributed by atoms with Crippen molar-refractivity contribution in [2.24, 2.45) is 0 Å². The van der Waals surface area contributed by atoms with Crippen LogP contribution in [-0.4, -0.2) is 0 Å². The maximum atomic E-state index is 9.16. The van der Waals surface area contributed by atoms with Crippen LogP contribution >= 0.6 is 23.2 Å². The third kappa shape index (κ3) is 2.47. The maximum absolute atomic E-state index is 9.16. The van der Waals surface area contributed by atoms with Crippen LogP contribution in [0.5, 0.6) is 0 Å². The van der Waals surface area contributed by atoms with Gasteiger partial charge in [0.2, 0.25) is 0 Å². The molecule has 1 atom stereocenters. The van der Waals surface area contributed by atoms with Gasteiger partial charge in [0.05, 0.1) is 17.3 Å². The largest absolute Gasteiger partial charge is 0.377 e. The summed E-state index contributed by atoms with van der Waals surface area (Å²) in [5.41, 5.74) is 3.92. The third-order valence-electron chi connectivity index (χ3n) is 3.61. The highest BCUT2D eigenvalue weighted by molar-refractivity contribution is 6.31. The first-order valence-corrected chi connectivity index (χ1v) is 7.17. The van der Waals surface area contributed by atoms with Gasteiger partial charge in [0.15, 0.2) is 0 Å². The van der Waals surface area contributed by atoms with E-state index < -0.39 is 0 Å². The molecule has 0 fully saturated rings. The first kappa shape index (κ1) is 13.3. The molecule has 0 saturated heterocycles. The SMILES string of the molecule is N#Cc1ccc(Cl)cc1NC1CCc2cc(Cl)ccc21. The molecule has 0 amide bonds. The van der Waals surface area contributed by atoms with Crippen molar-refractivity contribution >= 4 is 28.9 Å². The number of nitrogens with one attached hydrogen (secondary N) is 1. The zero-order valence-electron chi connectivity index (χ0n) is 10.7. The highest BCUT2D eigenvalue weighted by Crippen LogP contribution is 2.36. The normalized spacial score (nSPS) is 16.6. The summed E-state index contributed by atoms with van der Waals surface area (Å²) in [5, 5.41) is 14.0. The Kier molecular flexibility index (Phi) is 3.56. The minimum Gasteiger partial charge on any atom is -0.377 e. The Morgan fingerprint density at radius 2 is 1.85 bits per heavy atom. The molecular formula is C16H12Cl2N2. The molecule has 0 spiro atoms. The van der Waals surface area contributed by atoms with Crippen LogP contribution in [0.25, 0.3) is 0 Å². The van der Waals surface area contributed by atoms with Crippen LogP contribution < -0.4 is 5.32 Å². The number of nitrogens with zero attached hydrogens (tertiary/aromatic N) is 1. The molecule has 0 saturated carbocycles. The standard InChI is InChI=1S/C16H12Cl2N2/c17-12-4-5-14-10(7-12)2-6-15(14)20-16-8-13(18)3-1-11(16)9-19/h1,3-5,7-8,15,20H,2,6H2. The van der Waals surface area contributed by atoms with E-state index in [-0.39, 0.29) is 6.04 Å². The fraction of sp³-hybridized carbons (Fsp3) is 0.188. The van der Waals surface area contributed by atoms with Gasteiger partial charge in [0.1, 0.15) is 6.07 Å². The second-order valence-electron chi connectivity index (χ2n) is 4.88. The molecule has 0 radical (unpaired) electrons. The van der Waals surface area contributed by atoms with E-state index in [9.17, 15) is 0 Å². The molecule has 1 aliphatic rings. The summed E-state index contributed by atoms with van der Waals surface area (Å²) < 4.78 is 0. The van der Waals surface area contributed by atoms with Crippen molar-refractivity contribution in [1.29, 1.82) is 5.26 Å². The summed E-state index contributed by atoms with van der Waals surface area (Å²) in [5.74, 6) is 0. The van der Waals surface area contributed by atoms with E-state index >= 15 is 0 Å². The molecule has 0 heterocycles. The number of rotatable bonds is 2. The number of nitriles is 1. The van der Waals surface area contributed by atoms with Crippen LogP contribution in [0.1, 0.15) is 29.2 Å². The molecule has 1 N–H and O–H groups in total. The summed E-state index contributed by atoms with van der Waals surface area (Å²) in [6.45, 7) is 0. The molecule has 2 aromatic rings. The summed E-state index contributed by atoms with van der Waals surface area (Å²) in [6, 6.07) is 13.6. The van der Waals surface area contributed by atoms with Gasteiger partial charge < -0.3 is 5.32 Å². The van der Waals surface area contributed by atoms with Gasteiger partial charge >= 0.3 is 0 Å². The summed E-state index contributed by atoms with van der Waals surface area (Å²) >= 11 is 12.0. The van der Waals surface area contributed by atoms with Crippen molar-refractivity contribution in [3.63, 3.8) is 0 Å². The quantitative estimate of drug-likeness (QED) is 0.850. The Balaban J connectivity index is 1.91. The van der Waals surface area contributed by atoms with Crippen LogP contribution in [-0.2, 0) is 6.42 Å². The minimum atomic E-state index is 0.202.